The molecule has 0 radical (unpaired) electrons. The molecular formula is C20H21N3O5S. The van der Waals surface area contributed by atoms with Crippen LogP contribution in [-0.4, -0.2) is 40.4 Å². The van der Waals surface area contributed by atoms with Gasteiger partial charge in [-0.1, -0.05) is 36.9 Å². The summed E-state index contributed by atoms with van der Waals surface area (Å²) in [5.74, 6) is 1.16. The number of hydrogen-bond acceptors (Lipinski definition) is 7. The molecule has 8 nitrogen and oxygen atoms in total. The molecule has 0 aliphatic carbocycles. The Morgan fingerprint density at radius 1 is 1.17 bits per heavy atom. The maximum absolute atomic E-state index is 12.6. The van der Waals surface area contributed by atoms with E-state index in [1.54, 1.807) is 38.5 Å². The van der Waals surface area contributed by atoms with Crippen LogP contribution in [0.4, 0.5) is 10.5 Å². The normalized spacial score (nSPS) is 16.4. The Hall–Kier alpha value is -3.07. The number of hydrazone groups is 1. The average molecular weight is 415 g/mol. The number of carbonyl (C=O) groups excluding carboxylic acids is 1. The van der Waals surface area contributed by atoms with Crippen LogP contribution < -0.4 is 9.47 Å². The summed E-state index contributed by atoms with van der Waals surface area (Å²) in [6.45, 7) is 2.01. The second-order valence-electron chi connectivity index (χ2n) is 6.28. The van der Waals surface area contributed by atoms with Gasteiger partial charge in [-0.3, -0.25) is 14.9 Å². The fourth-order valence-electron chi connectivity index (χ4n) is 3.07. The van der Waals surface area contributed by atoms with Gasteiger partial charge in [0.2, 0.25) is 0 Å². The zero-order valence-electron chi connectivity index (χ0n) is 16.3. The van der Waals surface area contributed by atoms with E-state index in [2.05, 4.69) is 5.10 Å². The lowest BCUT2D eigenvalue weighted by Crippen LogP contribution is -2.35. The highest BCUT2D eigenvalue weighted by Gasteiger charge is 2.31. The summed E-state index contributed by atoms with van der Waals surface area (Å²) in [7, 11) is 3.12. The zero-order valence-corrected chi connectivity index (χ0v) is 17.1. The number of benzene rings is 2. The first-order valence-electron chi connectivity index (χ1n) is 8.99. The van der Waals surface area contributed by atoms with Crippen molar-refractivity contribution < 1.29 is 19.2 Å². The molecule has 0 fully saturated rings. The maximum atomic E-state index is 12.6. The molecule has 2 aromatic rings. The molecule has 0 N–H and O–H groups in total. The summed E-state index contributed by atoms with van der Waals surface area (Å²) in [6.07, 6.45) is 0.711. The number of nitro benzene ring substituents is 1. The molecule has 0 saturated heterocycles. The van der Waals surface area contributed by atoms with E-state index in [-0.39, 0.29) is 22.7 Å². The topological polar surface area (TPSA) is 94.3 Å². The molecule has 1 atom stereocenters. The number of ether oxygens (including phenoxy) is 2. The average Bonchev–Trinajstić information content (AvgIpc) is 2.74. The van der Waals surface area contributed by atoms with Gasteiger partial charge in [0.25, 0.3) is 5.69 Å². The van der Waals surface area contributed by atoms with E-state index in [0.717, 1.165) is 11.3 Å². The minimum Gasteiger partial charge on any atom is -0.493 e. The van der Waals surface area contributed by atoms with E-state index in [1.165, 1.54) is 22.8 Å². The Labute approximate surface area is 172 Å². The quantitative estimate of drug-likeness (QED) is 0.489. The van der Waals surface area contributed by atoms with E-state index in [4.69, 9.17) is 9.47 Å². The van der Waals surface area contributed by atoms with Crippen molar-refractivity contribution in [3.8, 4) is 11.5 Å². The summed E-state index contributed by atoms with van der Waals surface area (Å²) in [6, 6.07) is 11.8. The summed E-state index contributed by atoms with van der Waals surface area (Å²) >= 11 is 1.17. The minimum atomic E-state index is -0.454. The number of thioether (sulfide) groups is 1. The van der Waals surface area contributed by atoms with Gasteiger partial charge < -0.3 is 9.47 Å². The fraction of sp³-hybridized carbons (Fsp3) is 0.300. The summed E-state index contributed by atoms with van der Waals surface area (Å²) in [5.41, 5.74) is 1.92. The molecule has 0 bridgehead atoms. The van der Waals surface area contributed by atoms with Gasteiger partial charge in [-0.05, 0) is 24.6 Å². The summed E-state index contributed by atoms with van der Waals surface area (Å²) in [5, 5.41) is 16.8. The van der Waals surface area contributed by atoms with Crippen molar-refractivity contribution in [3.05, 3.63) is 63.7 Å². The molecular weight excluding hydrogens is 394 g/mol. The van der Waals surface area contributed by atoms with Crippen LogP contribution >= 0.6 is 11.8 Å². The molecule has 29 heavy (non-hydrogen) atoms. The van der Waals surface area contributed by atoms with Gasteiger partial charge in [0.05, 0.1) is 42.2 Å². The van der Waals surface area contributed by atoms with E-state index < -0.39 is 4.92 Å². The third kappa shape index (κ3) is 4.34. The second-order valence-corrected chi connectivity index (χ2v) is 7.43. The first-order chi connectivity index (χ1) is 14.0. The molecule has 1 unspecified atom stereocenters. The number of nitrogens with zero attached hydrogens (tertiary/aromatic N) is 3. The van der Waals surface area contributed by atoms with E-state index in [9.17, 15) is 14.9 Å². The monoisotopic (exact) mass is 415 g/mol. The predicted octanol–water partition coefficient (Wildman–Crippen LogP) is 4.46. The standard InChI is InChI=1S/C20H21N3O5S/c1-4-18-19(13-9-10-16(27-2)17(11-13)28-3)21-22(20(24)29-18)12-14-7-5-6-8-15(14)23(25)26/h5-11,18H,4,12H2,1-3H3. The van der Waals surface area contributed by atoms with Gasteiger partial charge in [0.1, 0.15) is 0 Å². The van der Waals surface area contributed by atoms with Crippen LogP contribution in [0.2, 0.25) is 0 Å². The molecule has 9 heteroatoms. The van der Waals surface area contributed by atoms with Gasteiger partial charge in [0, 0.05) is 11.6 Å². The number of rotatable bonds is 7. The lowest BCUT2D eigenvalue weighted by atomic mass is 10.0. The molecule has 0 spiro atoms. The van der Waals surface area contributed by atoms with Crippen LogP contribution in [0.25, 0.3) is 0 Å². The van der Waals surface area contributed by atoms with Crippen molar-refractivity contribution in [2.45, 2.75) is 25.1 Å². The highest BCUT2D eigenvalue weighted by molar-refractivity contribution is 8.14. The number of nitro groups is 1. The second kappa shape index (κ2) is 8.95. The van der Waals surface area contributed by atoms with Crippen LogP contribution in [0, 0.1) is 10.1 Å². The fourth-order valence-corrected chi connectivity index (χ4v) is 4.01. The Kier molecular flexibility index (Phi) is 6.38. The molecule has 1 amide bonds. The molecule has 0 saturated carbocycles. The molecule has 1 aliphatic heterocycles. The van der Waals surface area contributed by atoms with Gasteiger partial charge in [-0.15, -0.1) is 0 Å². The maximum Gasteiger partial charge on any atom is 0.302 e. The van der Waals surface area contributed by atoms with E-state index in [1.807, 2.05) is 19.1 Å². The van der Waals surface area contributed by atoms with Crippen LogP contribution in [0.1, 0.15) is 24.5 Å². The van der Waals surface area contributed by atoms with Gasteiger partial charge >= 0.3 is 5.24 Å². The summed E-state index contributed by atoms with van der Waals surface area (Å²) < 4.78 is 10.7. The molecule has 2 aromatic carbocycles. The third-order valence-corrected chi connectivity index (χ3v) is 5.80. The SMILES string of the molecule is CCC1SC(=O)N(Cc2ccccc2[N+](=O)[O-])N=C1c1ccc(OC)c(OC)c1. The number of methoxy groups -OCH3 is 2. The third-order valence-electron chi connectivity index (χ3n) is 4.55. The lowest BCUT2D eigenvalue weighted by molar-refractivity contribution is -0.385. The zero-order chi connectivity index (χ0) is 21.0. The van der Waals surface area contributed by atoms with Crippen molar-refractivity contribution in [1.82, 2.24) is 5.01 Å². The van der Waals surface area contributed by atoms with Gasteiger partial charge in [0.15, 0.2) is 11.5 Å². The minimum absolute atomic E-state index is 0.0240. The first-order valence-corrected chi connectivity index (χ1v) is 9.87. The first kappa shape index (κ1) is 20.7. The predicted molar refractivity (Wildman–Crippen MR) is 112 cm³/mol. The number of hydrogen-bond donors (Lipinski definition) is 0. The molecule has 1 heterocycles. The van der Waals surface area contributed by atoms with Crippen molar-refractivity contribution in [2.75, 3.05) is 14.2 Å². The highest BCUT2D eigenvalue weighted by Crippen LogP contribution is 2.34. The van der Waals surface area contributed by atoms with Crippen molar-refractivity contribution in [2.24, 2.45) is 5.10 Å². The largest absolute Gasteiger partial charge is 0.493 e. The molecule has 3 rings (SSSR count). The smallest absolute Gasteiger partial charge is 0.302 e. The van der Waals surface area contributed by atoms with Crippen LogP contribution in [0.5, 0.6) is 11.5 Å². The van der Waals surface area contributed by atoms with Gasteiger partial charge in [-0.25, -0.2) is 5.01 Å². The number of para-hydroxylation sites is 1. The van der Waals surface area contributed by atoms with E-state index in [0.29, 0.717) is 23.5 Å². The lowest BCUT2D eigenvalue weighted by Gasteiger charge is -2.28. The Bertz CT molecular complexity index is 963. The molecule has 0 aromatic heterocycles. The highest BCUT2D eigenvalue weighted by atomic mass is 32.2. The Morgan fingerprint density at radius 3 is 2.55 bits per heavy atom. The van der Waals surface area contributed by atoms with Crippen LogP contribution in [0.15, 0.2) is 47.6 Å². The van der Waals surface area contributed by atoms with Crippen LogP contribution in [0.3, 0.4) is 0 Å². The van der Waals surface area contributed by atoms with Crippen molar-refractivity contribution in [3.63, 3.8) is 0 Å². The van der Waals surface area contributed by atoms with Gasteiger partial charge in [-0.2, -0.15) is 5.10 Å². The van der Waals surface area contributed by atoms with Crippen molar-refractivity contribution >= 4 is 28.4 Å². The van der Waals surface area contributed by atoms with Crippen molar-refractivity contribution in [1.29, 1.82) is 0 Å². The Balaban J connectivity index is 2.00. The summed E-state index contributed by atoms with van der Waals surface area (Å²) in [4.78, 5) is 23.5. The van der Waals surface area contributed by atoms with Crippen LogP contribution in [-0.2, 0) is 6.54 Å². The molecule has 152 valence electrons. The molecule has 1 aliphatic rings. The number of carbonyl (C=O) groups is 1. The van der Waals surface area contributed by atoms with E-state index >= 15 is 0 Å². The Morgan fingerprint density at radius 2 is 1.90 bits per heavy atom. The number of amides is 1.